The highest BCUT2D eigenvalue weighted by Crippen LogP contribution is 2.33. The van der Waals surface area contributed by atoms with Gasteiger partial charge in [0, 0.05) is 42.2 Å². The van der Waals surface area contributed by atoms with E-state index in [1.807, 2.05) is 24.6 Å². The van der Waals surface area contributed by atoms with Crippen molar-refractivity contribution in [1.82, 2.24) is 29.6 Å². The number of ether oxygens (including phenoxy) is 1. The monoisotopic (exact) mass is 505 g/mol. The molecule has 0 aliphatic carbocycles. The molecule has 1 saturated heterocycles. The minimum atomic E-state index is -0.846. The maximum absolute atomic E-state index is 12.0. The number of carbonyl (C=O) groups is 2. The van der Waals surface area contributed by atoms with E-state index >= 15 is 0 Å². The number of carbonyl (C=O) groups excluding carboxylic acids is 1. The summed E-state index contributed by atoms with van der Waals surface area (Å²) in [4.78, 5) is 37.3. The zero-order valence-corrected chi connectivity index (χ0v) is 21.0. The van der Waals surface area contributed by atoms with Gasteiger partial charge in [-0.1, -0.05) is 0 Å². The van der Waals surface area contributed by atoms with E-state index in [9.17, 15) is 9.59 Å². The number of aryl methyl sites for hydroxylation is 2. The van der Waals surface area contributed by atoms with Gasteiger partial charge in [0.2, 0.25) is 5.91 Å². The first-order valence-electron chi connectivity index (χ1n) is 12.6. The summed E-state index contributed by atoms with van der Waals surface area (Å²) in [7, 11) is 0. The summed E-state index contributed by atoms with van der Waals surface area (Å²) < 4.78 is 8.00. The molecule has 5 rings (SSSR count). The summed E-state index contributed by atoms with van der Waals surface area (Å²) in [5.74, 6) is 1.05. The summed E-state index contributed by atoms with van der Waals surface area (Å²) in [6, 6.07) is 5.36. The van der Waals surface area contributed by atoms with E-state index in [2.05, 4.69) is 15.1 Å². The van der Waals surface area contributed by atoms with E-state index in [0.29, 0.717) is 54.9 Å². The van der Waals surface area contributed by atoms with Gasteiger partial charge in [-0.15, -0.1) is 0 Å². The molecule has 1 aromatic carbocycles. The average Bonchev–Trinajstić information content (AvgIpc) is 3.46. The van der Waals surface area contributed by atoms with Crippen LogP contribution in [0.4, 0.5) is 4.79 Å². The first-order chi connectivity index (χ1) is 17.8. The standard InChI is InChI=1S/C26H31N7O4/c1-3-33-20(11-15(2)31-33)25-28-14-19-18-12-17(23(27)34)13-21(22(18)29-24(19)30-25)37-10-4-5-16-6-8-32(9-7-16)26(35)36/h11-14,16H,3-10H2,1-2H3,(H2,27,34)(H,35,36)(H,28,29,30). The van der Waals surface area contributed by atoms with Crippen molar-refractivity contribution in [3.8, 4) is 17.3 Å². The maximum atomic E-state index is 12.0. The largest absolute Gasteiger partial charge is 0.491 e. The lowest BCUT2D eigenvalue weighted by Gasteiger charge is -2.29. The van der Waals surface area contributed by atoms with Crippen LogP contribution in [0.25, 0.3) is 33.5 Å². The van der Waals surface area contributed by atoms with Crippen LogP contribution in [0.2, 0.25) is 0 Å². The lowest BCUT2D eigenvalue weighted by molar-refractivity contribution is 0.1000. The molecular formula is C26H31N7O4. The van der Waals surface area contributed by atoms with Gasteiger partial charge in [0.1, 0.15) is 17.1 Å². The number of hydrogen-bond acceptors (Lipinski definition) is 6. The third-order valence-electron chi connectivity index (χ3n) is 7.04. The van der Waals surface area contributed by atoms with Crippen LogP contribution in [-0.4, -0.2) is 66.4 Å². The third-order valence-corrected chi connectivity index (χ3v) is 7.04. The van der Waals surface area contributed by atoms with Crippen LogP contribution in [0, 0.1) is 12.8 Å². The van der Waals surface area contributed by atoms with Crippen LogP contribution < -0.4 is 10.5 Å². The lowest BCUT2D eigenvalue weighted by Crippen LogP contribution is -2.37. The number of aromatic nitrogens is 5. The minimum absolute atomic E-state index is 0.355. The van der Waals surface area contributed by atoms with Gasteiger partial charge in [-0.05, 0) is 63.6 Å². The zero-order valence-electron chi connectivity index (χ0n) is 21.0. The molecule has 0 bridgehead atoms. The van der Waals surface area contributed by atoms with Crippen molar-refractivity contribution in [2.24, 2.45) is 11.7 Å². The van der Waals surface area contributed by atoms with Crippen LogP contribution >= 0.6 is 0 Å². The molecule has 0 spiro atoms. The molecule has 4 heterocycles. The molecule has 11 nitrogen and oxygen atoms in total. The molecule has 0 radical (unpaired) electrons. The van der Waals surface area contributed by atoms with Crippen molar-refractivity contribution >= 4 is 33.9 Å². The van der Waals surface area contributed by atoms with Crippen molar-refractivity contribution in [3.05, 3.63) is 35.7 Å². The van der Waals surface area contributed by atoms with Crippen LogP contribution in [0.1, 0.15) is 48.7 Å². The molecule has 0 unspecified atom stereocenters. The van der Waals surface area contributed by atoms with Crippen molar-refractivity contribution in [2.45, 2.75) is 46.1 Å². The Hall–Kier alpha value is -4.15. The number of fused-ring (bicyclic) bond motifs is 3. The van der Waals surface area contributed by atoms with Crippen molar-refractivity contribution in [3.63, 3.8) is 0 Å². The van der Waals surface area contributed by atoms with Crippen LogP contribution in [0.5, 0.6) is 5.75 Å². The van der Waals surface area contributed by atoms with Gasteiger partial charge in [-0.25, -0.2) is 14.8 Å². The normalized spacial score (nSPS) is 14.5. The fourth-order valence-electron chi connectivity index (χ4n) is 5.06. The number of benzene rings is 1. The van der Waals surface area contributed by atoms with Crippen LogP contribution in [-0.2, 0) is 6.54 Å². The van der Waals surface area contributed by atoms with Gasteiger partial charge in [0.15, 0.2) is 5.82 Å². The molecule has 3 aromatic heterocycles. The number of likely N-dealkylation sites (tertiary alicyclic amines) is 1. The molecule has 4 N–H and O–H groups in total. The maximum Gasteiger partial charge on any atom is 0.407 e. The number of piperidine rings is 1. The number of nitrogens with zero attached hydrogens (tertiary/aromatic N) is 5. The first-order valence-corrected chi connectivity index (χ1v) is 12.6. The molecule has 1 aliphatic rings. The number of amides is 2. The highest BCUT2D eigenvalue weighted by Gasteiger charge is 2.22. The third kappa shape index (κ3) is 4.93. The Balaban J connectivity index is 1.37. The van der Waals surface area contributed by atoms with E-state index in [-0.39, 0.29) is 0 Å². The molecular weight excluding hydrogens is 474 g/mol. The first kappa shape index (κ1) is 24.5. The second kappa shape index (κ2) is 10.1. The molecule has 1 aliphatic heterocycles. The molecule has 0 saturated carbocycles. The average molecular weight is 506 g/mol. The Labute approximate surface area is 213 Å². The van der Waals surface area contributed by atoms with Crippen molar-refractivity contribution in [1.29, 1.82) is 0 Å². The van der Waals surface area contributed by atoms with Gasteiger partial charge in [0.25, 0.3) is 0 Å². The Bertz CT molecular complexity index is 1470. The minimum Gasteiger partial charge on any atom is -0.491 e. The molecule has 4 aromatic rings. The summed E-state index contributed by atoms with van der Waals surface area (Å²) in [6.45, 7) is 6.29. The van der Waals surface area contributed by atoms with Gasteiger partial charge in [-0.2, -0.15) is 5.10 Å². The fourth-order valence-corrected chi connectivity index (χ4v) is 5.06. The number of primary amides is 1. The lowest BCUT2D eigenvalue weighted by atomic mass is 9.92. The molecule has 2 amide bonds. The SMILES string of the molecule is CCn1nc(C)cc1-c1ncc2c(n1)[nH]c1c(OCCCC3CCN(C(=O)O)CC3)cc(C(N)=O)cc12. The summed E-state index contributed by atoms with van der Waals surface area (Å²) in [5, 5.41) is 15.2. The van der Waals surface area contributed by atoms with Gasteiger partial charge >= 0.3 is 6.09 Å². The van der Waals surface area contributed by atoms with Gasteiger partial charge in [-0.3, -0.25) is 9.48 Å². The number of H-pyrrole nitrogens is 1. The number of rotatable bonds is 8. The van der Waals surface area contributed by atoms with E-state index in [1.54, 1.807) is 18.3 Å². The predicted molar refractivity (Wildman–Crippen MR) is 139 cm³/mol. The van der Waals surface area contributed by atoms with E-state index < -0.39 is 12.0 Å². The summed E-state index contributed by atoms with van der Waals surface area (Å²) >= 11 is 0. The molecule has 0 atom stereocenters. The molecule has 194 valence electrons. The van der Waals surface area contributed by atoms with Crippen molar-refractivity contribution < 1.29 is 19.4 Å². The van der Waals surface area contributed by atoms with Gasteiger partial charge < -0.3 is 25.5 Å². The summed E-state index contributed by atoms with van der Waals surface area (Å²) in [6.07, 6.45) is 4.42. The highest BCUT2D eigenvalue weighted by atomic mass is 16.5. The number of nitrogens with one attached hydrogen (secondary N) is 1. The van der Waals surface area contributed by atoms with E-state index in [4.69, 9.17) is 20.6 Å². The van der Waals surface area contributed by atoms with Gasteiger partial charge in [0.05, 0.1) is 17.8 Å². The number of nitrogens with two attached hydrogens (primary N) is 1. The number of hydrogen-bond donors (Lipinski definition) is 3. The number of aromatic amines is 1. The highest BCUT2D eigenvalue weighted by molar-refractivity contribution is 6.11. The number of carboxylic acid groups (broad SMARTS) is 1. The fraction of sp³-hybridized carbons (Fsp3) is 0.423. The predicted octanol–water partition coefficient (Wildman–Crippen LogP) is 3.95. The van der Waals surface area contributed by atoms with Crippen LogP contribution in [0.15, 0.2) is 24.4 Å². The second-order valence-electron chi connectivity index (χ2n) is 9.53. The Morgan fingerprint density at radius 2 is 2.00 bits per heavy atom. The summed E-state index contributed by atoms with van der Waals surface area (Å²) in [5.41, 5.74) is 9.08. The zero-order chi connectivity index (χ0) is 26.1. The van der Waals surface area contributed by atoms with Crippen molar-refractivity contribution in [2.75, 3.05) is 19.7 Å². The van der Waals surface area contributed by atoms with E-state index in [1.165, 1.54) is 4.90 Å². The Morgan fingerprint density at radius 3 is 2.70 bits per heavy atom. The molecule has 1 fully saturated rings. The molecule has 11 heteroatoms. The Kier molecular flexibility index (Phi) is 6.68. The smallest absolute Gasteiger partial charge is 0.407 e. The quantitative estimate of drug-likeness (QED) is 0.307. The van der Waals surface area contributed by atoms with Crippen LogP contribution in [0.3, 0.4) is 0 Å². The topological polar surface area (TPSA) is 152 Å². The Morgan fingerprint density at radius 1 is 1.22 bits per heavy atom. The van der Waals surface area contributed by atoms with E-state index in [0.717, 1.165) is 53.4 Å². The molecule has 37 heavy (non-hydrogen) atoms. The second-order valence-corrected chi connectivity index (χ2v) is 9.53.